The van der Waals surface area contributed by atoms with E-state index in [0.717, 1.165) is 12.8 Å². The number of nitrogens with zero attached hydrogens (tertiary/aromatic N) is 1. The fraction of sp³-hybridized carbons (Fsp3) is 0.611. The van der Waals surface area contributed by atoms with Crippen LogP contribution in [0.1, 0.15) is 56.8 Å². The maximum Gasteiger partial charge on any atom is 0.241 e. The molecule has 3 rings (SSSR count). The highest BCUT2D eigenvalue weighted by Crippen LogP contribution is 2.40. The normalized spacial score (nSPS) is 27.2. The van der Waals surface area contributed by atoms with Crippen LogP contribution < -0.4 is 5.32 Å². The second-order valence-electron chi connectivity index (χ2n) is 6.64. The molecular weight excluding hydrogens is 260 g/mol. The molecule has 0 aromatic heterocycles. The van der Waals surface area contributed by atoms with Gasteiger partial charge in [0.1, 0.15) is 6.17 Å². The maximum atomic E-state index is 12.8. The summed E-state index contributed by atoms with van der Waals surface area (Å²) >= 11 is 0. The summed E-state index contributed by atoms with van der Waals surface area (Å²) in [7, 11) is 0. The fourth-order valence-electron chi connectivity index (χ4n) is 3.39. The molecule has 1 N–H and O–H groups in total. The van der Waals surface area contributed by atoms with Crippen LogP contribution in [0.15, 0.2) is 24.3 Å². The number of hydrogen-bond donors (Lipinski definition) is 1. The molecule has 3 atom stereocenters. The van der Waals surface area contributed by atoms with Gasteiger partial charge >= 0.3 is 0 Å². The number of benzene rings is 1. The Bertz CT molecular complexity index is 506. The third-order valence-corrected chi connectivity index (χ3v) is 4.90. The molecule has 1 heterocycles. The van der Waals surface area contributed by atoms with E-state index in [-0.39, 0.29) is 12.2 Å². The standard InChI is InChI=1S/C18H26N2O/c1-4-5-16-18(21)20(13(3)14-10-11-14)17(19-16)15-8-6-12(2)7-9-15/h6-9,13-14,16-17,19H,4-5,10-11H2,1-3H3. The Hall–Kier alpha value is -1.35. The molecule has 0 bridgehead atoms. The molecule has 1 aromatic carbocycles. The zero-order valence-corrected chi connectivity index (χ0v) is 13.3. The summed E-state index contributed by atoms with van der Waals surface area (Å²) in [5, 5.41) is 3.57. The van der Waals surface area contributed by atoms with Gasteiger partial charge in [0, 0.05) is 6.04 Å². The highest BCUT2D eigenvalue weighted by molar-refractivity contribution is 5.85. The van der Waals surface area contributed by atoms with Crippen molar-refractivity contribution in [3.63, 3.8) is 0 Å². The van der Waals surface area contributed by atoms with E-state index < -0.39 is 0 Å². The van der Waals surface area contributed by atoms with Crippen LogP contribution in [0.2, 0.25) is 0 Å². The van der Waals surface area contributed by atoms with Crippen molar-refractivity contribution in [2.24, 2.45) is 5.92 Å². The van der Waals surface area contributed by atoms with Gasteiger partial charge in [-0.3, -0.25) is 10.1 Å². The molecule has 1 aliphatic carbocycles. The largest absolute Gasteiger partial charge is 0.319 e. The number of aryl methyl sites for hydroxylation is 1. The van der Waals surface area contributed by atoms with E-state index in [2.05, 4.69) is 55.3 Å². The Morgan fingerprint density at radius 1 is 1.29 bits per heavy atom. The molecule has 1 amide bonds. The Morgan fingerprint density at radius 2 is 1.95 bits per heavy atom. The van der Waals surface area contributed by atoms with Crippen LogP contribution in [0.4, 0.5) is 0 Å². The quantitative estimate of drug-likeness (QED) is 0.900. The highest BCUT2D eigenvalue weighted by atomic mass is 16.2. The van der Waals surface area contributed by atoms with Gasteiger partial charge < -0.3 is 4.90 Å². The molecule has 21 heavy (non-hydrogen) atoms. The lowest BCUT2D eigenvalue weighted by atomic mass is 10.1. The van der Waals surface area contributed by atoms with E-state index in [4.69, 9.17) is 0 Å². The second-order valence-corrected chi connectivity index (χ2v) is 6.64. The summed E-state index contributed by atoms with van der Waals surface area (Å²) < 4.78 is 0. The van der Waals surface area contributed by atoms with Crippen molar-refractivity contribution < 1.29 is 4.79 Å². The molecular formula is C18H26N2O. The van der Waals surface area contributed by atoms with Crippen LogP contribution in [-0.2, 0) is 4.79 Å². The van der Waals surface area contributed by atoms with Gasteiger partial charge in [0.2, 0.25) is 5.91 Å². The van der Waals surface area contributed by atoms with Gasteiger partial charge in [-0.05, 0) is 44.6 Å². The van der Waals surface area contributed by atoms with Crippen molar-refractivity contribution in [2.75, 3.05) is 0 Å². The van der Waals surface area contributed by atoms with Gasteiger partial charge in [-0.2, -0.15) is 0 Å². The lowest BCUT2D eigenvalue weighted by Gasteiger charge is -2.31. The van der Waals surface area contributed by atoms with Crippen LogP contribution in [-0.4, -0.2) is 22.9 Å². The second kappa shape index (κ2) is 5.80. The number of carbonyl (C=O) groups is 1. The molecule has 3 unspecified atom stereocenters. The predicted molar refractivity (Wildman–Crippen MR) is 84.8 cm³/mol. The first kappa shape index (κ1) is 14.6. The summed E-state index contributed by atoms with van der Waals surface area (Å²) in [6, 6.07) is 8.91. The maximum absolute atomic E-state index is 12.8. The Morgan fingerprint density at radius 3 is 2.52 bits per heavy atom. The minimum absolute atomic E-state index is 0.0116. The van der Waals surface area contributed by atoms with E-state index in [1.54, 1.807) is 0 Å². The van der Waals surface area contributed by atoms with Crippen LogP contribution >= 0.6 is 0 Å². The predicted octanol–water partition coefficient (Wildman–Crippen LogP) is 3.39. The summed E-state index contributed by atoms with van der Waals surface area (Å²) in [4.78, 5) is 14.9. The van der Waals surface area contributed by atoms with E-state index in [1.807, 2.05) is 0 Å². The molecule has 2 fully saturated rings. The highest BCUT2D eigenvalue weighted by Gasteiger charge is 2.45. The molecule has 0 spiro atoms. The zero-order valence-electron chi connectivity index (χ0n) is 13.3. The topological polar surface area (TPSA) is 32.3 Å². The minimum Gasteiger partial charge on any atom is -0.319 e. The molecule has 114 valence electrons. The van der Waals surface area contributed by atoms with Gasteiger partial charge in [-0.15, -0.1) is 0 Å². The summed E-state index contributed by atoms with van der Waals surface area (Å²) in [6.45, 7) is 6.46. The van der Waals surface area contributed by atoms with Gasteiger partial charge in [0.15, 0.2) is 0 Å². The van der Waals surface area contributed by atoms with E-state index in [0.29, 0.717) is 17.9 Å². The monoisotopic (exact) mass is 286 g/mol. The van der Waals surface area contributed by atoms with Crippen LogP contribution in [0.25, 0.3) is 0 Å². The number of hydrogen-bond acceptors (Lipinski definition) is 2. The molecule has 1 aromatic rings. The van der Waals surface area contributed by atoms with Crippen molar-refractivity contribution >= 4 is 5.91 Å². The van der Waals surface area contributed by atoms with Gasteiger partial charge in [-0.25, -0.2) is 0 Å². The third kappa shape index (κ3) is 2.84. The number of carbonyl (C=O) groups excluding carboxylic acids is 1. The van der Waals surface area contributed by atoms with E-state index in [1.165, 1.54) is 24.0 Å². The fourth-order valence-corrected chi connectivity index (χ4v) is 3.39. The first-order valence-electron chi connectivity index (χ1n) is 8.26. The first-order valence-corrected chi connectivity index (χ1v) is 8.26. The van der Waals surface area contributed by atoms with Crippen molar-refractivity contribution in [3.05, 3.63) is 35.4 Å². The summed E-state index contributed by atoms with van der Waals surface area (Å²) in [5.41, 5.74) is 2.47. The van der Waals surface area contributed by atoms with Crippen molar-refractivity contribution in [2.45, 2.75) is 64.7 Å². The average Bonchev–Trinajstić information content (AvgIpc) is 3.26. The molecule has 0 radical (unpaired) electrons. The van der Waals surface area contributed by atoms with E-state index in [9.17, 15) is 4.79 Å². The van der Waals surface area contributed by atoms with Crippen molar-refractivity contribution in [3.8, 4) is 0 Å². The lowest BCUT2D eigenvalue weighted by Crippen LogP contribution is -2.39. The third-order valence-electron chi connectivity index (χ3n) is 4.90. The molecule has 1 saturated carbocycles. The molecule has 1 saturated heterocycles. The smallest absolute Gasteiger partial charge is 0.241 e. The van der Waals surface area contributed by atoms with Gasteiger partial charge in [0.05, 0.1) is 6.04 Å². The van der Waals surface area contributed by atoms with Crippen LogP contribution in [0.3, 0.4) is 0 Å². The minimum atomic E-state index is -0.0116. The molecule has 1 aliphatic heterocycles. The molecule has 2 aliphatic rings. The number of nitrogens with one attached hydrogen (secondary N) is 1. The van der Waals surface area contributed by atoms with Gasteiger partial charge in [0.25, 0.3) is 0 Å². The molecule has 3 nitrogen and oxygen atoms in total. The Kier molecular flexibility index (Phi) is 4.03. The SMILES string of the molecule is CCCC1NC(c2ccc(C)cc2)N(C(C)C2CC2)C1=O. The lowest BCUT2D eigenvalue weighted by molar-refractivity contribution is -0.132. The van der Waals surface area contributed by atoms with Gasteiger partial charge in [-0.1, -0.05) is 43.2 Å². The Labute approximate surface area is 127 Å². The molecule has 3 heteroatoms. The number of amides is 1. The van der Waals surface area contributed by atoms with Crippen LogP contribution in [0, 0.1) is 12.8 Å². The van der Waals surface area contributed by atoms with Crippen molar-refractivity contribution in [1.29, 1.82) is 0 Å². The average molecular weight is 286 g/mol. The zero-order chi connectivity index (χ0) is 15.0. The van der Waals surface area contributed by atoms with E-state index >= 15 is 0 Å². The Balaban J connectivity index is 1.87. The van der Waals surface area contributed by atoms with Crippen LogP contribution in [0.5, 0.6) is 0 Å². The van der Waals surface area contributed by atoms with Crippen molar-refractivity contribution in [1.82, 2.24) is 10.2 Å². The summed E-state index contributed by atoms with van der Waals surface area (Å²) in [5.74, 6) is 0.992. The first-order chi connectivity index (χ1) is 10.1. The number of rotatable bonds is 5. The summed E-state index contributed by atoms with van der Waals surface area (Å²) in [6.07, 6.45) is 4.55.